The summed E-state index contributed by atoms with van der Waals surface area (Å²) in [6.45, 7) is 18.2. The van der Waals surface area contributed by atoms with Gasteiger partial charge >= 0.3 is 0 Å². The standard InChI is InChI=1S/C16H38O2S2Si2/c1-9-13(3)17-21-15(5,6)11-19-20-12-16(7,8)22-18-14(4)10-2/h13-14H,9-12,21-22H2,1-8H3. The molecule has 0 fully saturated rings. The Morgan fingerprint density at radius 2 is 1.09 bits per heavy atom. The monoisotopic (exact) mass is 382 g/mol. The highest BCUT2D eigenvalue weighted by Gasteiger charge is 2.23. The first-order valence-electron chi connectivity index (χ1n) is 8.59. The number of hydrogen-bond donors (Lipinski definition) is 0. The lowest BCUT2D eigenvalue weighted by molar-refractivity contribution is 0.220. The largest absolute Gasteiger partial charge is 0.421 e. The summed E-state index contributed by atoms with van der Waals surface area (Å²) >= 11 is 0. The average molecular weight is 383 g/mol. The van der Waals surface area contributed by atoms with E-state index in [1.165, 1.54) is 11.5 Å². The second-order valence-corrected chi connectivity index (χ2v) is 15.4. The molecule has 0 aliphatic heterocycles. The second kappa shape index (κ2) is 11.6. The summed E-state index contributed by atoms with van der Waals surface area (Å²) in [5.74, 6) is 2.40. The summed E-state index contributed by atoms with van der Waals surface area (Å²) in [5, 5.41) is 0.770. The van der Waals surface area contributed by atoms with Gasteiger partial charge in [-0.2, -0.15) is 0 Å². The first-order chi connectivity index (χ1) is 10.1. The normalized spacial score (nSPS) is 16.9. The Morgan fingerprint density at radius 3 is 1.36 bits per heavy atom. The minimum atomic E-state index is -0.455. The van der Waals surface area contributed by atoms with Gasteiger partial charge in [0, 0.05) is 23.7 Å². The highest BCUT2D eigenvalue weighted by atomic mass is 33.1. The Morgan fingerprint density at radius 1 is 0.773 bits per heavy atom. The zero-order chi connectivity index (χ0) is 17.2. The Labute approximate surface area is 151 Å². The van der Waals surface area contributed by atoms with Crippen molar-refractivity contribution < 1.29 is 8.85 Å². The number of rotatable bonds is 13. The first kappa shape index (κ1) is 23.1. The first-order valence-corrected chi connectivity index (χ1v) is 13.6. The molecule has 0 spiro atoms. The van der Waals surface area contributed by atoms with E-state index in [2.05, 4.69) is 55.4 Å². The molecule has 0 aliphatic carbocycles. The third-order valence-corrected chi connectivity index (χ3v) is 11.1. The van der Waals surface area contributed by atoms with Gasteiger partial charge < -0.3 is 8.85 Å². The van der Waals surface area contributed by atoms with Gasteiger partial charge in [-0.05, 0) is 36.8 Å². The van der Waals surface area contributed by atoms with Crippen LogP contribution >= 0.6 is 21.6 Å². The van der Waals surface area contributed by atoms with E-state index in [-0.39, 0.29) is 0 Å². The Balaban J connectivity index is 3.89. The van der Waals surface area contributed by atoms with E-state index in [0.29, 0.717) is 22.3 Å². The molecule has 6 heteroatoms. The van der Waals surface area contributed by atoms with Gasteiger partial charge in [0.25, 0.3) is 0 Å². The minimum absolute atomic E-state index is 0.385. The topological polar surface area (TPSA) is 18.5 Å². The third kappa shape index (κ3) is 12.5. The van der Waals surface area contributed by atoms with E-state index in [1.54, 1.807) is 0 Å². The maximum atomic E-state index is 6.03. The van der Waals surface area contributed by atoms with E-state index >= 15 is 0 Å². The van der Waals surface area contributed by atoms with Gasteiger partial charge in [0.2, 0.25) is 0 Å². The zero-order valence-electron chi connectivity index (χ0n) is 16.0. The third-order valence-electron chi connectivity index (χ3n) is 3.65. The number of hydrogen-bond acceptors (Lipinski definition) is 4. The van der Waals surface area contributed by atoms with Crippen molar-refractivity contribution in [2.45, 2.75) is 90.5 Å². The second-order valence-electron chi connectivity index (χ2n) is 7.91. The van der Waals surface area contributed by atoms with Crippen molar-refractivity contribution in [3.63, 3.8) is 0 Å². The van der Waals surface area contributed by atoms with Crippen molar-refractivity contribution in [2.24, 2.45) is 0 Å². The fraction of sp³-hybridized carbons (Fsp3) is 1.00. The lowest BCUT2D eigenvalue weighted by atomic mass is 10.2. The molecule has 0 aliphatic rings. The molecular weight excluding hydrogens is 344 g/mol. The van der Waals surface area contributed by atoms with Gasteiger partial charge in [0.05, 0.1) is 0 Å². The highest BCUT2D eigenvalue weighted by molar-refractivity contribution is 8.76. The summed E-state index contributed by atoms with van der Waals surface area (Å²) in [7, 11) is 3.14. The van der Waals surface area contributed by atoms with Crippen molar-refractivity contribution in [3.05, 3.63) is 0 Å². The predicted octanol–water partition coefficient (Wildman–Crippen LogP) is 4.56. The summed E-state index contributed by atoms with van der Waals surface area (Å²) in [6, 6.07) is 0. The quantitative estimate of drug-likeness (QED) is 0.264. The van der Waals surface area contributed by atoms with E-state index in [4.69, 9.17) is 8.85 Å². The molecule has 2 nitrogen and oxygen atoms in total. The van der Waals surface area contributed by atoms with Gasteiger partial charge in [-0.25, -0.2) is 0 Å². The smallest absolute Gasteiger partial charge is 0.168 e. The van der Waals surface area contributed by atoms with Crippen LogP contribution in [0.4, 0.5) is 0 Å². The minimum Gasteiger partial charge on any atom is -0.421 e. The molecule has 2 atom stereocenters. The predicted molar refractivity (Wildman–Crippen MR) is 112 cm³/mol. The van der Waals surface area contributed by atoms with Crippen molar-refractivity contribution in [1.82, 2.24) is 0 Å². The molecule has 0 aromatic carbocycles. The van der Waals surface area contributed by atoms with Crippen LogP contribution in [0.25, 0.3) is 0 Å². The van der Waals surface area contributed by atoms with Crippen LogP contribution in [-0.2, 0) is 8.85 Å². The summed E-state index contributed by atoms with van der Waals surface area (Å²) in [5.41, 5.74) is 0. The molecular formula is C16H38O2S2Si2. The zero-order valence-corrected chi connectivity index (χ0v) is 20.5. The molecule has 0 saturated carbocycles. The molecule has 134 valence electrons. The van der Waals surface area contributed by atoms with Gasteiger partial charge in [-0.15, -0.1) is 0 Å². The lowest BCUT2D eigenvalue weighted by Gasteiger charge is -2.27. The molecule has 0 radical (unpaired) electrons. The van der Waals surface area contributed by atoms with E-state index < -0.39 is 19.5 Å². The van der Waals surface area contributed by atoms with E-state index in [0.717, 1.165) is 12.8 Å². The van der Waals surface area contributed by atoms with Crippen LogP contribution in [0, 0.1) is 0 Å². The molecule has 0 N–H and O–H groups in total. The van der Waals surface area contributed by atoms with Crippen molar-refractivity contribution in [3.8, 4) is 0 Å². The van der Waals surface area contributed by atoms with Crippen LogP contribution in [0.3, 0.4) is 0 Å². The summed E-state index contributed by atoms with van der Waals surface area (Å²) in [6.07, 6.45) is 3.12. The van der Waals surface area contributed by atoms with Gasteiger partial charge in [0.1, 0.15) is 0 Å². The fourth-order valence-corrected chi connectivity index (χ4v) is 8.79. The maximum absolute atomic E-state index is 6.03. The van der Waals surface area contributed by atoms with Gasteiger partial charge in [0.15, 0.2) is 19.5 Å². The molecule has 2 unspecified atom stereocenters. The van der Waals surface area contributed by atoms with Crippen LogP contribution in [-0.4, -0.2) is 43.2 Å². The van der Waals surface area contributed by atoms with E-state index in [9.17, 15) is 0 Å². The van der Waals surface area contributed by atoms with E-state index in [1.807, 2.05) is 21.6 Å². The van der Waals surface area contributed by atoms with Crippen LogP contribution in [0.2, 0.25) is 10.1 Å². The maximum Gasteiger partial charge on any atom is 0.168 e. The summed E-state index contributed by atoms with van der Waals surface area (Å²) < 4.78 is 12.1. The van der Waals surface area contributed by atoms with Crippen LogP contribution in [0.15, 0.2) is 0 Å². The molecule has 22 heavy (non-hydrogen) atoms. The molecule has 0 aromatic heterocycles. The fourth-order valence-electron chi connectivity index (χ4n) is 1.46. The SMILES string of the molecule is CCC(C)O[SiH2]C(C)(C)CSSCC(C)(C)[SiH2]OC(C)CC. The molecule has 0 heterocycles. The molecule has 0 aromatic rings. The molecule has 0 amide bonds. The van der Waals surface area contributed by atoms with Crippen molar-refractivity contribution >= 4 is 41.1 Å². The Hall–Kier alpha value is 1.05. The molecule has 0 bridgehead atoms. The lowest BCUT2D eigenvalue weighted by Crippen LogP contribution is -2.23. The Kier molecular flexibility index (Phi) is 12.1. The molecule has 0 rings (SSSR count). The van der Waals surface area contributed by atoms with Crippen LogP contribution in [0.1, 0.15) is 68.2 Å². The van der Waals surface area contributed by atoms with Crippen molar-refractivity contribution in [2.75, 3.05) is 11.5 Å². The average Bonchev–Trinajstić information content (AvgIpc) is 2.47. The van der Waals surface area contributed by atoms with Crippen molar-refractivity contribution in [1.29, 1.82) is 0 Å². The molecule has 0 saturated heterocycles. The highest BCUT2D eigenvalue weighted by Crippen LogP contribution is 2.39. The van der Waals surface area contributed by atoms with Gasteiger partial charge in [-0.3, -0.25) is 0 Å². The van der Waals surface area contributed by atoms with Crippen LogP contribution in [0.5, 0.6) is 0 Å². The van der Waals surface area contributed by atoms with Gasteiger partial charge in [-0.1, -0.05) is 63.1 Å². The Bertz CT molecular complexity index is 261. The summed E-state index contributed by atoms with van der Waals surface area (Å²) in [4.78, 5) is 0. The van der Waals surface area contributed by atoms with Crippen LogP contribution < -0.4 is 0 Å².